The maximum atomic E-state index is 4.96. The number of rotatable bonds is 5. The summed E-state index contributed by atoms with van der Waals surface area (Å²) in [5.74, 6) is 0. The molecule has 124 valence electrons. The summed E-state index contributed by atoms with van der Waals surface area (Å²) in [6, 6.07) is 6.38. The highest BCUT2D eigenvalue weighted by atomic mass is 79.9. The highest BCUT2D eigenvalue weighted by Crippen LogP contribution is 2.49. The molecule has 0 aliphatic carbocycles. The molecule has 0 unspecified atom stereocenters. The van der Waals surface area contributed by atoms with Gasteiger partial charge >= 0.3 is 0 Å². The highest BCUT2D eigenvalue weighted by molar-refractivity contribution is 9.10. The minimum atomic E-state index is 0.902. The SMILES string of the molecule is CCN(CC)CCn1nc2c3c(c(Br)ccc31)Sc1ccncc1-2. The molecular formula is C18H19BrN4S. The van der Waals surface area contributed by atoms with Crippen LogP contribution in [0.2, 0.25) is 0 Å². The van der Waals surface area contributed by atoms with Crippen molar-refractivity contribution >= 4 is 38.6 Å². The van der Waals surface area contributed by atoms with Crippen molar-refractivity contribution in [2.24, 2.45) is 0 Å². The fourth-order valence-corrected chi connectivity index (χ4v) is 4.86. The van der Waals surface area contributed by atoms with E-state index in [1.165, 1.54) is 20.7 Å². The summed E-state index contributed by atoms with van der Waals surface area (Å²) in [5, 5.41) is 6.20. The molecule has 0 fully saturated rings. The summed E-state index contributed by atoms with van der Waals surface area (Å²) < 4.78 is 3.29. The van der Waals surface area contributed by atoms with Gasteiger partial charge in [0, 0.05) is 44.2 Å². The van der Waals surface area contributed by atoms with Crippen LogP contribution in [0.3, 0.4) is 0 Å². The van der Waals surface area contributed by atoms with Gasteiger partial charge in [0.05, 0.1) is 12.1 Å². The maximum absolute atomic E-state index is 4.96. The average Bonchev–Trinajstić information content (AvgIpc) is 2.99. The normalized spacial score (nSPS) is 12.8. The first kappa shape index (κ1) is 16.1. The molecule has 0 bridgehead atoms. The molecule has 0 radical (unpaired) electrons. The van der Waals surface area contributed by atoms with Crippen LogP contribution in [-0.4, -0.2) is 39.3 Å². The van der Waals surface area contributed by atoms with Crippen LogP contribution in [0.5, 0.6) is 0 Å². The van der Waals surface area contributed by atoms with Crippen molar-refractivity contribution in [1.82, 2.24) is 19.7 Å². The quantitative estimate of drug-likeness (QED) is 0.485. The number of fused-ring (bicyclic) bond motifs is 2. The predicted octanol–water partition coefficient (Wildman–Crippen LogP) is 4.67. The van der Waals surface area contributed by atoms with Crippen molar-refractivity contribution in [3.8, 4) is 11.3 Å². The van der Waals surface area contributed by atoms with Gasteiger partial charge in [0.2, 0.25) is 0 Å². The van der Waals surface area contributed by atoms with Crippen molar-refractivity contribution in [2.45, 2.75) is 30.2 Å². The number of nitrogens with zero attached hydrogens (tertiary/aromatic N) is 4. The second kappa shape index (κ2) is 6.50. The average molecular weight is 403 g/mol. The van der Waals surface area contributed by atoms with E-state index in [1.807, 2.05) is 12.4 Å². The molecule has 0 saturated heterocycles. The number of hydrogen-bond acceptors (Lipinski definition) is 4. The Labute approximate surface area is 154 Å². The highest BCUT2D eigenvalue weighted by Gasteiger charge is 2.25. The second-order valence-corrected chi connectivity index (χ2v) is 7.75. The van der Waals surface area contributed by atoms with Crippen molar-refractivity contribution in [3.63, 3.8) is 0 Å². The molecule has 0 atom stereocenters. The third kappa shape index (κ3) is 2.57. The van der Waals surface area contributed by atoms with E-state index in [0.29, 0.717) is 0 Å². The van der Waals surface area contributed by atoms with Crippen molar-refractivity contribution < 1.29 is 0 Å². The Kier molecular flexibility index (Phi) is 4.37. The Morgan fingerprint density at radius 2 is 2.04 bits per heavy atom. The van der Waals surface area contributed by atoms with E-state index in [4.69, 9.17) is 5.10 Å². The first-order valence-electron chi connectivity index (χ1n) is 8.26. The van der Waals surface area contributed by atoms with Gasteiger partial charge in [0.15, 0.2) is 0 Å². The Morgan fingerprint density at radius 3 is 2.83 bits per heavy atom. The lowest BCUT2D eigenvalue weighted by Crippen LogP contribution is -2.27. The summed E-state index contributed by atoms with van der Waals surface area (Å²) in [7, 11) is 0. The molecule has 4 nitrogen and oxygen atoms in total. The molecule has 4 rings (SSSR count). The molecular weight excluding hydrogens is 384 g/mol. The lowest BCUT2D eigenvalue weighted by Gasteiger charge is -2.18. The van der Waals surface area contributed by atoms with Crippen LogP contribution in [-0.2, 0) is 6.54 Å². The van der Waals surface area contributed by atoms with Crippen LogP contribution in [0.25, 0.3) is 22.2 Å². The van der Waals surface area contributed by atoms with Crippen LogP contribution < -0.4 is 0 Å². The minimum absolute atomic E-state index is 0.902. The first-order valence-corrected chi connectivity index (χ1v) is 9.87. The van der Waals surface area contributed by atoms with Crippen molar-refractivity contribution in [2.75, 3.05) is 19.6 Å². The van der Waals surface area contributed by atoms with Crippen molar-refractivity contribution in [1.29, 1.82) is 0 Å². The summed E-state index contributed by atoms with van der Waals surface area (Å²) >= 11 is 5.51. The van der Waals surface area contributed by atoms with Crippen LogP contribution in [0, 0.1) is 0 Å². The van der Waals surface area contributed by atoms with Gasteiger partial charge in [0.25, 0.3) is 0 Å². The summed E-state index contributed by atoms with van der Waals surface area (Å²) in [6.45, 7) is 8.47. The lowest BCUT2D eigenvalue weighted by atomic mass is 10.1. The lowest BCUT2D eigenvalue weighted by molar-refractivity contribution is 0.287. The van der Waals surface area contributed by atoms with Gasteiger partial charge in [-0.25, -0.2) is 0 Å². The molecule has 2 aromatic heterocycles. The van der Waals surface area contributed by atoms with Gasteiger partial charge in [-0.1, -0.05) is 25.6 Å². The van der Waals surface area contributed by atoms with E-state index in [-0.39, 0.29) is 0 Å². The molecule has 0 saturated carbocycles. The van der Waals surface area contributed by atoms with E-state index < -0.39 is 0 Å². The number of hydrogen-bond donors (Lipinski definition) is 0. The Balaban J connectivity index is 1.84. The zero-order chi connectivity index (χ0) is 16.7. The first-order chi connectivity index (χ1) is 11.7. The van der Waals surface area contributed by atoms with Gasteiger partial charge in [-0.15, -0.1) is 0 Å². The third-order valence-electron chi connectivity index (χ3n) is 4.59. The van der Waals surface area contributed by atoms with Crippen LogP contribution in [0.4, 0.5) is 0 Å². The fraction of sp³-hybridized carbons (Fsp3) is 0.333. The summed E-state index contributed by atoms with van der Waals surface area (Å²) in [4.78, 5) is 9.22. The number of halogens is 1. The topological polar surface area (TPSA) is 34.0 Å². The Hall–Kier alpha value is -1.37. The monoisotopic (exact) mass is 402 g/mol. The molecule has 1 aromatic carbocycles. The molecule has 1 aliphatic heterocycles. The van der Waals surface area contributed by atoms with Gasteiger partial charge in [-0.2, -0.15) is 5.10 Å². The predicted molar refractivity (Wildman–Crippen MR) is 103 cm³/mol. The fourth-order valence-electron chi connectivity index (χ4n) is 3.21. The number of likely N-dealkylation sites (N-methyl/N-ethyl adjacent to an activating group) is 1. The zero-order valence-electron chi connectivity index (χ0n) is 13.8. The Morgan fingerprint density at radius 1 is 1.21 bits per heavy atom. The van der Waals surface area contributed by atoms with E-state index in [1.54, 1.807) is 11.8 Å². The van der Waals surface area contributed by atoms with E-state index >= 15 is 0 Å². The van der Waals surface area contributed by atoms with Gasteiger partial charge in [0.1, 0.15) is 5.69 Å². The van der Waals surface area contributed by atoms with E-state index in [2.05, 4.69) is 62.5 Å². The van der Waals surface area contributed by atoms with Crippen LogP contribution in [0.1, 0.15) is 13.8 Å². The number of benzene rings is 1. The Bertz CT molecular complexity index is 901. The maximum Gasteiger partial charge on any atom is 0.104 e. The standard InChI is InChI=1S/C18H19BrN4S/c1-3-22(4-2)9-10-23-14-6-5-13(19)18-16(14)17(21-23)12-11-20-8-7-15(12)24-18/h5-8,11H,3-4,9-10H2,1-2H3. The molecule has 1 aliphatic rings. The summed E-state index contributed by atoms with van der Waals surface area (Å²) in [5.41, 5.74) is 3.40. The number of pyridine rings is 1. The van der Waals surface area contributed by atoms with Crippen LogP contribution >= 0.6 is 27.7 Å². The summed E-state index contributed by atoms with van der Waals surface area (Å²) in [6.07, 6.45) is 3.78. The van der Waals surface area contributed by atoms with Crippen molar-refractivity contribution in [3.05, 3.63) is 35.1 Å². The molecule has 0 amide bonds. The molecule has 3 aromatic rings. The minimum Gasteiger partial charge on any atom is -0.302 e. The zero-order valence-corrected chi connectivity index (χ0v) is 16.2. The molecule has 0 N–H and O–H groups in total. The van der Waals surface area contributed by atoms with E-state index in [9.17, 15) is 0 Å². The molecule has 3 heterocycles. The second-order valence-electron chi connectivity index (χ2n) is 5.84. The van der Waals surface area contributed by atoms with E-state index in [0.717, 1.165) is 41.9 Å². The third-order valence-corrected chi connectivity index (χ3v) is 6.72. The van der Waals surface area contributed by atoms with Gasteiger partial charge < -0.3 is 4.90 Å². The molecule has 6 heteroatoms. The van der Waals surface area contributed by atoms with Gasteiger partial charge in [-0.05, 0) is 47.2 Å². The smallest absolute Gasteiger partial charge is 0.104 e. The van der Waals surface area contributed by atoms with Crippen LogP contribution in [0.15, 0.2) is 44.9 Å². The molecule has 24 heavy (non-hydrogen) atoms. The molecule has 0 spiro atoms. The number of aromatic nitrogens is 3. The largest absolute Gasteiger partial charge is 0.302 e. The van der Waals surface area contributed by atoms with Gasteiger partial charge in [-0.3, -0.25) is 9.67 Å².